The number of ether oxygens (including phenoxy) is 1. The van der Waals surface area contributed by atoms with E-state index in [9.17, 15) is 9.59 Å². The Morgan fingerprint density at radius 3 is 2.78 bits per heavy atom. The van der Waals surface area contributed by atoms with Crippen molar-refractivity contribution in [2.45, 2.75) is 72.3 Å². The van der Waals surface area contributed by atoms with E-state index in [1.165, 1.54) is 5.57 Å². The molecule has 2 saturated carbocycles. The van der Waals surface area contributed by atoms with Gasteiger partial charge in [-0.05, 0) is 56.8 Å². The number of ketones is 1. The molecule has 0 aromatic heterocycles. The molecule has 1 heterocycles. The molecular weight excluding hydrogens is 288 g/mol. The predicted octanol–water partition coefficient (Wildman–Crippen LogP) is 4.31. The third-order valence-electron chi connectivity index (χ3n) is 6.75. The summed E-state index contributed by atoms with van der Waals surface area (Å²) in [4.78, 5) is 24.5. The molecule has 0 aromatic carbocycles. The van der Waals surface area contributed by atoms with E-state index in [1.54, 1.807) is 0 Å². The summed E-state index contributed by atoms with van der Waals surface area (Å²) >= 11 is 0. The number of esters is 1. The van der Waals surface area contributed by atoms with Crippen molar-refractivity contribution < 1.29 is 14.3 Å². The molecule has 3 fully saturated rings. The fourth-order valence-corrected chi connectivity index (χ4v) is 5.62. The van der Waals surface area contributed by atoms with E-state index in [2.05, 4.69) is 33.8 Å². The molecule has 0 N–H and O–H groups in total. The quantitative estimate of drug-likeness (QED) is 0.573. The average Bonchev–Trinajstić information content (AvgIpc) is 2.95. The topological polar surface area (TPSA) is 43.4 Å². The van der Waals surface area contributed by atoms with Gasteiger partial charge in [0, 0.05) is 18.3 Å². The van der Waals surface area contributed by atoms with E-state index in [0.717, 1.165) is 25.7 Å². The summed E-state index contributed by atoms with van der Waals surface area (Å²) < 4.78 is 5.45. The lowest BCUT2D eigenvalue weighted by atomic mass is 9.58. The van der Waals surface area contributed by atoms with Gasteiger partial charge in [0.15, 0.2) is 0 Å². The Hall–Kier alpha value is -1.12. The third-order valence-corrected chi connectivity index (χ3v) is 6.75. The molecule has 0 amide bonds. The van der Waals surface area contributed by atoms with Crippen molar-refractivity contribution in [2.24, 2.45) is 29.1 Å². The van der Waals surface area contributed by atoms with Gasteiger partial charge in [-0.1, -0.05) is 25.5 Å². The molecule has 0 aromatic rings. The zero-order valence-electron chi connectivity index (χ0n) is 14.9. The number of fused-ring (bicyclic) bond motifs is 3. The largest absolute Gasteiger partial charge is 0.462 e. The maximum absolute atomic E-state index is 12.8. The highest BCUT2D eigenvalue weighted by atomic mass is 16.5. The van der Waals surface area contributed by atoms with Gasteiger partial charge >= 0.3 is 5.97 Å². The van der Waals surface area contributed by atoms with Crippen LogP contribution in [0.3, 0.4) is 0 Å². The van der Waals surface area contributed by atoms with Crippen LogP contribution in [-0.2, 0) is 14.3 Å². The molecule has 6 unspecified atom stereocenters. The Kier molecular flexibility index (Phi) is 4.41. The zero-order chi connectivity index (χ0) is 16.8. The number of hydrogen-bond donors (Lipinski definition) is 0. The highest BCUT2D eigenvalue weighted by Gasteiger charge is 2.61. The maximum atomic E-state index is 12.8. The number of carbonyl (C=O) groups excluding carboxylic acids is 2. The second-order valence-corrected chi connectivity index (χ2v) is 8.53. The Balaban J connectivity index is 1.76. The lowest BCUT2D eigenvalue weighted by Crippen LogP contribution is -2.44. The molecule has 6 atom stereocenters. The number of Topliss-reactive ketones (excluding diaryl/α,β-unsaturated/α-hetero) is 1. The molecule has 0 spiro atoms. The fraction of sp³-hybridized carbons (Fsp3) is 0.800. The van der Waals surface area contributed by atoms with Gasteiger partial charge in [-0.2, -0.15) is 0 Å². The molecule has 128 valence electrons. The van der Waals surface area contributed by atoms with Crippen molar-refractivity contribution in [1.29, 1.82) is 0 Å². The van der Waals surface area contributed by atoms with Crippen molar-refractivity contribution in [1.82, 2.24) is 0 Å². The number of hydrogen-bond acceptors (Lipinski definition) is 3. The van der Waals surface area contributed by atoms with Crippen molar-refractivity contribution in [3.63, 3.8) is 0 Å². The normalized spacial score (nSPS) is 40.3. The van der Waals surface area contributed by atoms with Crippen LogP contribution in [-0.4, -0.2) is 17.9 Å². The highest BCUT2D eigenvalue weighted by Crippen LogP contribution is 2.60. The summed E-state index contributed by atoms with van der Waals surface area (Å²) in [5.74, 6) is 1.49. The smallest absolute Gasteiger partial charge is 0.306 e. The first-order chi connectivity index (χ1) is 10.8. The van der Waals surface area contributed by atoms with Gasteiger partial charge < -0.3 is 4.74 Å². The summed E-state index contributed by atoms with van der Waals surface area (Å²) in [5, 5.41) is 0. The molecule has 0 radical (unpaired) electrons. The first-order valence-electron chi connectivity index (χ1n) is 9.18. The van der Waals surface area contributed by atoms with E-state index in [1.807, 2.05) is 0 Å². The molecule has 1 aliphatic heterocycles. The van der Waals surface area contributed by atoms with Gasteiger partial charge in [0.2, 0.25) is 0 Å². The van der Waals surface area contributed by atoms with Crippen LogP contribution in [0.5, 0.6) is 0 Å². The van der Waals surface area contributed by atoms with Gasteiger partial charge in [-0.25, -0.2) is 0 Å². The molecule has 1 saturated heterocycles. The van der Waals surface area contributed by atoms with E-state index in [-0.39, 0.29) is 29.3 Å². The van der Waals surface area contributed by atoms with Crippen LogP contribution in [0.4, 0.5) is 0 Å². The van der Waals surface area contributed by atoms with Crippen molar-refractivity contribution in [3.05, 3.63) is 11.6 Å². The van der Waals surface area contributed by atoms with E-state index in [4.69, 9.17) is 4.74 Å². The van der Waals surface area contributed by atoms with Gasteiger partial charge in [0.25, 0.3) is 0 Å². The van der Waals surface area contributed by atoms with Gasteiger partial charge in [0.05, 0.1) is 6.42 Å². The second kappa shape index (κ2) is 6.07. The Morgan fingerprint density at radius 1 is 1.35 bits per heavy atom. The van der Waals surface area contributed by atoms with Crippen molar-refractivity contribution in [2.75, 3.05) is 0 Å². The van der Waals surface area contributed by atoms with E-state index >= 15 is 0 Å². The highest BCUT2D eigenvalue weighted by molar-refractivity contribution is 5.86. The number of rotatable bonds is 4. The maximum Gasteiger partial charge on any atom is 0.306 e. The first kappa shape index (κ1) is 16.7. The molecule has 2 aliphatic carbocycles. The fourth-order valence-electron chi connectivity index (χ4n) is 5.62. The molecule has 3 heteroatoms. The van der Waals surface area contributed by atoms with Crippen LogP contribution in [0.25, 0.3) is 0 Å². The first-order valence-corrected chi connectivity index (χ1v) is 9.18. The van der Waals surface area contributed by atoms with Crippen molar-refractivity contribution in [3.8, 4) is 0 Å². The van der Waals surface area contributed by atoms with Gasteiger partial charge in [-0.3, -0.25) is 9.59 Å². The van der Waals surface area contributed by atoms with Gasteiger partial charge in [0.1, 0.15) is 11.9 Å². The molecule has 3 rings (SSSR count). The molecule has 0 bridgehead atoms. The molecule has 23 heavy (non-hydrogen) atoms. The van der Waals surface area contributed by atoms with Crippen LogP contribution in [0, 0.1) is 29.1 Å². The summed E-state index contributed by atoms with van der Waals surface area (Å²) in [6.45, 7) is 8.90. The van der Waals surface area contributed by atoms with Gasteiger partial charge in [-0.15, -0.1) is 0 Å². The summed E-state index contributed by atoms with van der Waals surface area (Å²) in [6.07, 6.45) is 7.67. The van der Waals surface area contributed by atoms with Crippen LogP contribution in [0.1, 0.15) is 66.2 Å². The summed E-state index contributed by atoms with van der Waals surface area (Å²) in [6, 6.07) is 0. The van der Waals surface area contributed by atoms with E-state index < -0.39 is 0 Å². The number of allylic oxidation sites excluding steroid dienone is 2. The van der Waals surface area contributed by atoms with Crippen LogP contribution in [0.2, 0.25) is 0 Å². The summed E-state index contributed by atoms with van der Waals surface area (Å²) in [5.41, 5.74) is 1.43. The van der Waals surface area contributed by atoms with Crippen molar-refractivity contribution >= 4 is 11.8 Å². The second-order valence-electron chi connectivity index (χ2n) is 8.53. The van der Waals surface area contributed by atoms with Crippen LogP contribution < -0.4 is 0 Å². The third kappa shape index (κ3) is 2.88. The average molecular weight is 318 g/mol. The predicted molar refractivity (Wildman–Crippen MR) is 89.8 cm³/mol. The minimum Gasteiger partial charge on any atom is -0.462 e. The van der Waals surface area contributed by atoms with E-state index in [0.29, 0.717) is 30.5 Å². The Bertz CT molecular complexity index is 531. The Labute approximate surface area is 139 Å². The Morgan fingerprint density at radius 2 is 2.09 bits per heavy atom. The minimum atomic E-state index is -0.0999. The minimum absolute atomic E-state index is 0.00394. The standard InChI is InChI=1S/C20H30O3/c1-12(2)6-5-7-13(3)15-11-16(21)19-14-10-18(22)23-17(14)8-9-20(15,19)4/h6,13-15,17,19H,5,7-11H2,1-4H3. The lowest BCUT2D eigenvalue weighted by molar-refractivity contribution is -0.144. The number of carbonyl (C=O) groups is 2. The monoisotopic (exact) mass is 318 g/mol. The van der Waals surface area contributed by atoms with Crippen LogP contribution in [0.15, 0.2) is 11.6 Å². The lowest BCUT2D eigenvalue weighted by Gasteiger charge is -2.45. The summed E-state index contributed by atoms with van der Waals surface area (Å²) in [7, 11) is 0. The SMILES string of the molecule is CC(C)=CCCC(C)C1CC(=O)C2C3CC(=O)OC3CCC12C. The molecular formula is C20H30O3. The molecule has 3 nitrogen and oxygen atoms in total. The zero-order valence-corrected chi connectivity index (χ0v) is 14.9. The molecule has 3 aliphatic rings. The van der Waals surface area contributed by atoms with Crippen LogP contribution >= 0.6 is 0 Å².